The Labute approximate surface area is 120 Å². The maximum absolute atomic E-state index is 13.0. The number of hydrogen-bond donors (Lipinski definition) is 1. The molecule has 1 aliphatic heterocycles. The van der Waals surface area contributed by atoms with Crippen LogP contribution < -0.4 is 10.5 Å². The van der Waals surface area contributed by atoms with E-state index >= 15 is 0 Å². The second kappa shape index (κ2) is 5.07. The summed E-state index contributed by atoms with van der Waals surface area (Å²) in [6, 6.07) is 9.55. The highest BCUT2D eigenvalue weighted by Crippen LogP contribution is 2.42. The van der Waals surface area contributed by atoms with Gasteiger partial charge in [0.05, 0.1) is 12.2 Å². The molecule has 1 heterocycles. The van der Waals surface area contributed by atoms with Crippen LogP contribution in [-0.2, 0) is 19.1 Å². The minimum Gasteiger partial charge on any atom is -0.492 e. The summed E-state index contributed by atoms with van der Waals surface area (Å²) in [6.45, 7) is 0.760. The van der Waals surface area contributed by atoms with Crippen molar-refractivity contribution in [2.24, 2.45) is 5.73 Å². The zero-order valence-corrected chi connectivity index (χ0v) is 11.2. The van der Waals surface area contributed by atoms with Crippen LogP contribution in [0, 0.1) is 0 Å². The van der Waals surface area contributed by atoms with Crippen LogP contribution in [0.1, 0.15) is 16.7 Å². The molecule has 2 aromatic carbocycles. The highest BCUT2D eigenvalue weighted by atomic mass is 19.4. The standard InChI is InChI=1S/C16H14F3NO/c17-16(18,19)13-7-12-4-5-21-15(12)14(8-13)11-3-1-2-10(6-11)9-20/h1-3,6-8H,4-5,9,20H2. The Hall–Kier alpha value is -2.01. The molecule has 0 fully saturated rings. The van der Waals surface area contributed by atoms with Crippen LogP contribution >= 0.6 is 0 Å². The lowest BCUT2D eigenvalue weighted by molar-refractivity contribution is -0.137. The molecule has 1 aliphatic rings. The van der Waals surface area contributed by atoms with Crippen molar-refractivity contribution < 1.29 is 17.9 Å². The molecule has 2 N–H and O–H groups in total. The predicted molar refractivity (Wildman–Crippen MR) is 74.0 cm³/mol. The molecule has 0 spiro atoms. The molecule has 0 bridgehead atoms. The molecule has 0 aromatic heterocycles. The molecule has 2 aromatic rings. The Kier molecular flexibility index (Phi) is 3.37. The van der Waals surface area contributed by atoms with E-state index in [1.165, 1.54) is 6.07 Å². The van der Waals surface area contributed by atoms with Gasteiger partial charge in [-0.05, 0) is 34.9 Å². The van der Waals surface area contributed by atoms with Gasteiger partial charge in [0.25, 0.3) is 0 Å². The summed E-state index contributed by atoms with van der Waals surface area (Å²) >= 11 is 0. The highest BCUT2D eigenvalue weighted by Gasteiger charge is 2.33. The number of alkyl halides is 3. The van der Waals surface area contributed by atoms with E-state index in [9.17, 15) is 13.2 Å². The van der Waals surface area contributed by atoms with Gasteiger partial charge in [0.1, 0.15) is 5.75 Å². The fourth-order valence-electron chi connectivity index (χ4n) is 2.55. The van der Waals surface area contributed by atoms with Gasteiger partial charge < -0.3 is 10.5 Å². The summed E-state index contributed by atoms with van der Waals surface area (Å²) < 4.78 is 44.6. The topological polar surface area (TPSA) is 35.2 Å². The summed E-state index contributed by atoms with van der Waals surface area (Å²) in [5.74, 6) is 0.553. The smallest absolute Gasteiger partial charge is 0.416 e. The van der Waals surface area contributed by atoms with Crippen LogP contribution in [-0.4, -0.2) is 6.61 Å². The minimum atomic E-state index is -4.36. The number of rotatable bonds is 2. The Morgan fingerprint density at radius 1 is 1.14 bits per heavy atom. The second-order valence-electron chi connectivity index (χ2n) is 5.01. The molecule has 21 heavy (non-hydrogen) atoms. The average molecular weight is 293 g/mol. The van der Waals surface area contributed by atoms with Crippen molar-refractivity contribution in [3.63, 3.8) is 0 Å². The molecular weight excluding hydrogens is 279 g/mol. The lowest BCUT2D eigenvalue weighted by atomic mass is 9.96. The molecule has 0 saturated heterocycles. The maximum atomic E-state index is 13.0. The first-order chi connectivity index (χ1) is 9.99. The van der Waals surface area contributed by atoms with Crippen LogP contribution in [0.4, 0.5) is 13.2 Å². The van der Waals surface area contributed by atoms with Crippen molar-refractivity contribution in [2.45, 2.75) is 19.1 Å². The molecule has 0 aliphatic carbocycles. The largest absolute Gasteiger partial charge is 0.492 e. The maximum Gasteiger partial charge on any atom is 0.416 e. The lowest BCUT2D eigenvalue weighted by Gasteiger charge is -2.14. The summed E-state index contributed by atoms with van der Waals surface area (Å²) in [5.41, 5.74) is 7.62. The van der Waals surface area contributed by atoms with E-state index in [2.05, 4.69) is 0 Å². The van der Waals surface area contributed by atoms with Gasteiger partial charge in [-0.25, -0.2) is 0 Å². The number of ether oxygens (including phenoxy) is 1. The molecule has 0 radical (unpaired) electrons. The fourth-order valence-corrected chi connectivity index (χ4v) is 2.55. The quantitative estimate of drug-likeness (QED) is 0.915. The number of nitrogens with two attached hydrogens (primary N) is 1. The first-order valence-corrected chi connectivity index (χ1v) is 6.65. The first kappa shape index (κ1) is 13.9. The SMILES string of the molecule is NCc1cccc(-c2cc(C(F)(F)F)cc3c2OCC3)c1. The van der Waals surface area contributed by atoms with Gasteiger partial charge in [-0.15, -0.1) is 0 Å². The van der Waals surface area contributed by atoms with E-state index in [-0.39, 0.29) is 0 Å². The molecule has 5 heteroatoms. The Bertz CT molecular complexity index is 680. The van der Waals surface area contributed by atoms with Crippen LogP contribution in [0.2, 0.25) is 0 Å². The van der Waals surface area contributed by atoms with Crippen LogP contribution in [0.15, 0.2) is 36.4 Å². The van der Waals surface area contributed by atoms with E-state index in [0.717, 1.165) is 11.6 Å². The van der Waals surface area contributed by atoms with E-state index in [1.54, 1.807) is 18.2 Å². The van der Waals surface area contributed by atoms with Crippen molar-refractivity contribution >= 4 is 0 Å². The summed E-state index contributed by atoms with van der Waals surface area (Å²) in [4.78, 5) is 0. The Morgan fingerprint density at radius 2 is 1.95 bits per heavy atom. The van der Waals surface area contributed by atoms with Gasteiger partial charge in [-0.1, -0.05) is 18.2 Å². The minimum absolute atomic E-state index is 0.343. The normalized spacial score (nSPS) is 13.9. The second-order valence-corrected chi connectivity index (χ2v) is 5.01. The first-order valence-electron chi connectivity index (χ1n) is 6.65. The summed E-state index contributed by atoms with van der Waals surface area (Å²) in [5, 5.41) is 0. The van der Waals surface area contributed by atoms with Crippen molar-refractivity contribution in [2.75, 3.05) is 6.61 Å². The number of fused-ring (bicyclic) bond motifs is 1. The highest BCUT2D eigenvalue weighted by molar-refractivity contribution is 5.74. The van der Waals surface area contributed by atoms with Gasteiger partial charge in [-0.3, -0.25) is 0 Å². The van der Waals surface area contributed by atoms with E-state index in [1.807, 2.05) is 6.07 Å². The number of halogens is 3. The number of hydrogen-bond acceptors (Lipinski definition) is 2. The Balaban J connectivity index is 2.19. The van der Waals surface area contributed by atoms with Gasteiger partial charge in [-0.2, -0.15) is 13.2 Å². The number of benzene rings is 2. The van der Waals surface area contributed by atoms with Crippen molar-refractivity contribution in [3.05, 3.63) is 53.1 Å². The summed E-state index contributed by atoms with van der Waals surface area (Å²) in [7, 11) is 0. The van der Waals surface area contributed by atoms with Crippen molar-refractivity contribution in [1.29, 1.82) is 0 Å². The predicted octanol–water partition coefficient (Wildman–Crippen LogP) is 3.77. The third-order valence-electron chi connectivity index (χ3n) is 3.58. The van der Waals surface area contributed by atoms with Gasteiger partial charge >= 0.3 is 6.18 Å². The zero-order valence-electron chi connectivity index (χ0n) is 11.2. The van der Waals surface area contributed by atoms with Crippen LogP contribution in [0.5, 0.6) is 5.75 Å². The lowest BCUT2D eigenvalue weighted by Crippen LogP contribution is -2.06. The third kappa shape index (κ3) is 2.61. The van der Waals surface area contributed by atoms with Gasteiger partial charge in [0.15, 0.2) is 0 Å². The third-order valence-corrected chi connectivity index (χ3v) is 3.58. The van der Waals surface area contributed by atoms with E-state index in [0.29, 0.717) is 42.0 Å². The van der Waals surface area contributed by atoms with Crippen molar-refractivity contribution in [1.82, 2.24) is 0 Å². The fraction of sp³-hybridized carbons (Fsp3) is 0.250. The zero-order chi connectivity index (χ0) is 15.0. The monoisotopic (exact) mass is 293 g/mol. The van der Waals surface area contributed by atoms with Crippen LogP contribution in [0.25, 0.3) is 11.1 Å². The van der Waals surface area contributed by atoms with Crippen molar-refractivity contribution in [3.8, 4) is 16.9 Å². The van der Waals surface area contributed by atoms with Crippen LogP contribution in [0.3, 0.4) is 0 Å². The van der Waals surface area contributed by atoms with E-state index in [4.69, 9.17) is 10.5 Å². The summed E-state index contributed by atoms with van der Waals surface area (Å²) in [6.07, 6.45) is -3.86. The molecule has 0 saturated carbocycles. The molecule has 0 unspecified atom stereocenters. The molecule has 110 valence electrons. The van der Waals surface area contributed by atoms with Gasteiger partial charge in [0, 0.05) is 18.5 Å². The van der Waals surface area contributed by atoms with Gasteiger partial charge in [0.2, 0.25) is 0 Å². The molecule has 3 rings (SSSR count). The molecule has 0 amide bonds. The average Bonchev–Trinajstić information content (AvgIpc) is 2.93. The molecular formula is C16H14F3NO. The molecule has 0 atom stereocenters. The molecule has 2 nitrogen and oxygen atoms in total. The van der Waals surface area contributed by atoms with E-state index < -0.39 is 11.7 Å². The Morgan fingerprint density at radius 3 is 2.67 bits per heavy atom.